The molecule has 0 aliphatic carbocycles. The first-order valence-corrected chi connectivity index (χ1v) is 3.51. The minimum absolute atomic E-state index is 0.229. The molecule has 12 heavy (non-hydrogen) atoms. The van der Waals surface area contributed by atoms with Gasteiger partial charge >= 0.3 is 0 Å². The average Bonchev–Trinajstić information content (AvgIpc) is 2.16. The van der Waals surface area contributed by atoms with Crippen LogP contribution in [0.4, 0.5) is 5.69 Å². The molecule has 1 amide bonds. The van der Waals surface area contributed by atoms with Crippen molar-refractivity contribution < 1.29 is 10.0 Å². The van der Waals surface area contributed by atoms with Gasteiger partial charge in [0.25, 0.3) is 5.91 Å². The Hall–Kier alpha value is -1.55. The van der Waals surface area contributed by atoms with Crippen molar-refractivity contribution in [1.82, 2.24) is 5.32 Å². The maximum Gasteiger partial charge on any atom is 0.253 e. The van der Waals surface area contributed by atoms with E-state index in [1.807, 2.05) is 5.48 Å². The van der Waals surface area contributed by atoms with Gasteiger partial charge < -0.3 is 5.32 Å². The molecule has 0 spiro atoms. The highest BCUT2D eigenvalue weighted by atomic mass is 16.5. The second-order valence-corrected chi connectivity index (χ2v) is 2.24. The molecule has 0 atom stereocenters. The van der Waals surface area contributed by atoms with Crippen molar-refractivity contribution in [3.05, 3.63) is 29.8 Å². The predicted octanol–water partition coefficient (Wildman–Crippen LogP) is 0.847. The van der Waals surface area contributed by atoms with Gasteiger partial charge in [-0.15, -0.1) is 0 Å². The molecule has 0 saturated heterocycles. The van der Waals surface area contributed by atoms with Gasteiger partial charge in [0, 0.05) is 7.05 Å². The zero-order valence-electron chi connectivity index (χ0n) is 6.66. The second kappa shape index (κ2) is 3.73. The standard InChI is InChI=1S/C8H10N2O2/c1-9-8(11)6-4-2-3-5-7(6)10-12/h2-5,10,12H,1H3,(H,9,11). The number of amides is 1. The highest BCUT2D eigenvalue weighted by Crippen LogP contribution is 2.12. The number of anilines is 1. The Morgan fingerprint density at radius 2 is 2.08 bits per heavy atom. The van der Waals surface area contributed by atoms with Crippen molar-refractivity contribution in [3.63, 3.8) is 0 Å². The van der Waals surface area contributed by atoms with Gasteiger partial charge in [-0.2, -0.15) is 0 Å². The Bertz CT molecular complexity index is 286. The molecule has 0 unspecified atom stereocenters. The van der Waals surface area contributed by atoms with E-state index in [1.165, 1.54) is 7.05 Å². The van der Waals surface area contributed by atoms with Crippen LogP contribution in [0.5, 0.6) is 0 Å². The number of rotatable bonds is 2. The number of nitrogens with one attached hydrogen (secondary N) is 2. The summed E-state index contributed by atoms with van der Waals surface area (Å²) in [7, 11) is 1.54. The largest absolute Gasteiger partial charge is 0.355 e. The smallest absolute Gasteiger partial charge is 0.253 e. The van der Waals surface area contributed by atoms with E-state index in [-0.39, 0.29) is 5.91 Å². The van der Waals surface area contributed by atoms with E-state index in [4.69, 9.17) is 5.21 Å². The summed E-state index contributed by atoms with van der Waals surface area (Å²) in [5, 5.41) is 11.1. The highest BCUT2D eigenvalue weighted by molar-refractivity contribution is 5.99. The first-order chi connectivity index (χ1) is 5.79. The molecular formula is C8H10N2O2. The van der Waals surface area contributed by atoms with Gasteiger partial charge in [0.15, 0.2) is 0 Å². The summed E-state index contributed by atoms with van der Waals surface area (Å²) < 4.78 is 0. The van der Waals surface area contributed by atoms with Gasteiger partial charge in [-0.25, -0.2) is 0 Å². The first kappa shape index (κ1) is 8.55. The van der Waals surface area contributed by atoms with Crippen molar-refractivity contribution in [2.75, 3.05) is 12.5 Å². The number of hydrogen-bond donors (Lipinski definition) is 3. The average molecular weight is 166 g/mol. The Morgan fingerprint density at radius 1 is 1.42 bits per heavy atom. The first-order valence-electron chi connectivity index (χ1n) is 3.51. The van der Waals surface area contributed by atoms with Crippen molar-refractivity contribution in [2.24, 2.45) is 0 Å². The van der Waals surface area contributed by atoms with Gasteiger partial charge in [0.1, 0.15) is 0 Å². The van der Waals surface area contributed by atoms with Crippen molar-refractivity contribution in [3.8, 4) is 0 Å². The number of para-hydroxylation sites is 1. The lowest BCUT2D eigenvalue weighted by molar-refractivity contribution is 0.0963. The third-order valence-corrected chi connectivity index (χ3v) is 1.52. The lowest BCUT2D eigenvalue weighted by atomic mass is 10.2. The summed E-state index contributed by atoms with van der Waals surface area (Å²) in [6.07, 6.45) is 0. The molecule has 64 valence electrons. The molecule has 1 rings (SSSR count). The fraction of sp³-hybridized carbons (Fsp3) is 0.125. The summed E-state index contributed by atoms with van der Waals surface area (Å²) in [6, 6.07) is 6.69. The maximum absolute atomic E-state index is 11.1. The number of carbonyl (C=O) groups is 1. The van der Waals surface area contributed by atoms with Crippen LogP contribution in [0, 0.1) is 0 Å². The highest BCUT2D eigenvalue weighted by Gasteiger charge is 2.06. The van der Waals surface area contributed by atoms with Crippen LogP contribution in [0.15, 0.2) is 24.3 Å². The van der Waals surface area contributed by atoms with E-state index < -0.39 is 0 Å². The molecule has 4 heteroatoms. The van der Waals surface area contributed by atoms with Crippen LogP contribution in [0.3, 0.4) is 0 Å². The van der Waals surface area contributed by atoms with Crippen molar-refractivity contribution >= 4 is 11.6 Å². The van der Waals surface area contributed by atoms with Crippen LogP contribution in [-0.2, 0) is 0 Å². The maximum atomic E-state index is 11.1. The van der Waals surface area contributed by atoms with Gasteiger partial charge in [-0.3, -0.25) is 15.5 Å². The molecule has 1 aromatic rings. The number of benzene rings is 1. The molecule has 3 N–H and O–H groups in total. The number of hydrogen-bond acceptors (Lipinski definition) is 3. The minimum Gasteiger partial charge on any atom is -0.355 e. The summed E-state index contributed by atoms with van der Waals surface area (Å²) in [6.45, 7) is 0. The van der Waals surface area contributed by atoms with Crippen LogP contribution < -0.4 is 10.8 Å². The summed E-state index contributed by atoms with van der Waals surface area (Å²) >= 11 is 0. The van der Waals surface area contributed by atoms with Crippen LogP contribution in [0.2, 0.25) is 0 Å². The molecule has 0 saturated carbocycles. The Labute approximate surface area is 70.2 Å². The van der Waals surface area contributed by atoms with Crippen molar-refractivity contribution in [1.29, 1.82) is 0 Å². The van der Waals surface area contributed by atoms with Gasteiger partial charge in [0.05, 0.1) is 11.3 Å². The molecule has 1 aromatic carbocycles. The molecular weight excluding hydrogens is 156 g/mol. The molecule has 0 fully saturated rings. The fourth-order valence-corrected chi connectivity index (χ4v) is 0.913. The Balaban J connectivity index is 3.04. The van der Waals surface area contributed by atoms with Crippen LogP contribution in [0.1, 0.15) is 10.4 Å². The predicted molar refractivity (Wildman–Crippen MR) is 45.2 cm³/mol. The van der Waals surface area contributed by atoms with Gasteiger partial charge in [-0.05, 0) is 12.1 Å². The topological polar surface area (TPSA) is 61.4 Å². The van der Waals surface area contributed by atoms with Crippen LogP contribution >= 0.6 is 0 Å². The molecule has 4 nitrogen and oxygen atoms in total. The lowest BCUT2D eigenvalue weighted by Gasteiger charge is -2.05. The minimum atomic E-state index is -0.229. The molecule has 0 aliphatic rings. The zero-order chi connectivity index (χ0) is 8.97. The van der Waals surface area contributed by atoms with Crippen LogP contribution in [0.25, 0.3) is 0 Å². The quantitative estimate of drug-likeness (QED) is 0.571. The van der Waals surface area contributed by atoms with E-state index in [2.05, 4.69) is 5.32 Å². The Morgan fingerprint density at radius 3 is 2.67 bits per heavy atom. The van der Waals surface area contributed by atoms with E-state index in [1.54, 1.807) is 24.3 Å². The molecule has 0 aliphatic heterocycles. The molecule has 0 bridgehead atoms. The van der Waals surface area contributed by atoms with Crippen LogP contribution in [-0.4, -0.2) is 18.2 Å². The third-order valence-electron chi connectivity index (χ3n) is 1.52. The van der Waals surface area contributed by atoms with E-state index in [9.17, 15) is 4.79 Å². The third kappa shape index (κ3) is 1.54. The Kier molecular flexibility index (Phi) is 2.66. The summed E-state index contributed by atoms with van der Waals surface area (Å²) in [5.74, 6) is -0.229. The fourth-order valence-electron chi connectivity index (χ4n) is 0.913. The van der Waals surface area contributed by atoms with E-state index >= 15 is 0 Å². The van der Waals surface area contributed by atoms with Gasteiger partial charge in [0.2, 0.25) is 0 Å². The van der Waals surface area contributed by atoms with E-state index in [0.717, 1.165) is 0 Å². The monoisotopic (exact) mass is 166 g/mol. The lowest BCUT2D eigenvalue weighted by Crippen LogP contribution is -2.19. The van der Waals surface area contributed by atoms with E-state index in [0.29, 0.717) is 11.3 Å². The SMILES string of the molecule is CNC(=O)c1ccccc1NO. The normalized spacial score (nSPS) is 9.17. The van der Waals surface area contributed by atoms with Crippen molar-refractivity contribution in [2.45, 2.75) is 0 Å². The molecule has 0 radical (unpaired) electrons. The second-order valence-electron chi connectivity index (χ2n) is 2.24. The summed E-state index contributed by atoms with van der Waals surface area (Å²) in [5.41, 5.74) is 2.77. The number of carbonyl (C=O) groups excluding carboxylic acids is 1. The molecule has 0 heterocycles. The zero-order valence-corrected chi connectivity index (χ0v) is 6.66. The van der Waals surface area contributed by atoms with Gasteiger partial charge in [-0.1, -0.05) is 12.1 Å². The summed E-state index contributed by atoms with van der Waals surface area (Å²) in [4.78, 5) is 11.1. The molecule has 0 aromatic heterocycles.